The number of alkyl halides is 2. The molecule has 0 spiro atoms. The number of nitrogens with one attached hydrogen (secondary N) is 1. The number of benzene rings is 2. The van der Waals surface area contributed by atoms with Crippen molar-refractivity contribution in [2.45, 2.75) is 40.2 Å². The van der Waals surface area contributed by atoms with E-state index in [9.17, 15) is 23.7 Å². The summed E-state index contributed by atoms with van der Waals surface area (Å²) in [5.41, 5.74) is 1.62. The fraction of sp³-hybridized carbons (Fsp3) is 0.273. The number of nitro benzene ring substituents is 1. The standard InChI is InChI=1S/C22H22F2N4O4/c1-12-5-6-13(2)20(7-12)32-18-10-16(9-17(11-18)28(30)31)25-22(29)15(4)27-14(3)8-19(26-27)21(23)24/h5-11,15,21H,1-4H3,(H,25,29). The van der Waals surface area contributed by atoms with Crippen LogP contribution < -0.4 is 10.1 Å². The van der Waals surface area contributed by atoms with E-state index in [4.69, 9.17) is 4.74 Å². The van der Waals surface area contributed by atoms with Gasteiger partial charge in [0.15, 0.2) is 0 Å². The Balaban J connectivity index is 1.87. The van der Waals surface area contributed by atoms with Gasteiger partial charge in [-0.2, -0.15) is 5.10 Å². The highest BCUT2D eigenvalue weighted by Gasteiger charge is 2.22. The molecule has 3 aromatic rings. The van der Waals surface area contributed by atoms with Crippen molar-refractivity contribution in [3.8, 4) is 11.5 Å². The van der Waals surface area contributed by atoms with Gasteiger partial charge in [0, 0.05) is 17.8 Å². The molecule has 1 N–H and O–H groups in total. The topological polar surface area (TPSA) is 99.3 Å². The molecule has 0 aliphatic carbocycles. The Morgan fingerprint density at radius 3 is 2.50 bits per heavy atom. The number of nitro groups is 1. The highest BCUT2D eigenvalue weighted by molar-refractivity contribution is 5.94. The molecule has 0 saturated carbocycles. The van der Waals surface area contributed by atoms with Crippen molar-refractivity contribution in [1.29, 1.82) is 0 Å². The summed E-state index contributed by atoms with van der Waals surface area (Å²) in [7, 11) is 0. The van der Waals surface area contributed by atoms with Crippen LogP contribution in [0.4, 0.5) is 20.2 Å². The molecule has 3 rings (SSSR count). The second-order valence-corrected chi connectivity index (χ2v) is 7.46. The van der Waals surface area contributed by atoms with Crippen LogP contribution in [0.5, 0.6) is 11.5 Å². The normalized spacial score (nSPS) is 12.0. The molecule has 168 valence electrons. The molecular weight excluding hydrogens is 422 g/mol. The van der Waals surface area contributed by atoms with Crippen LogP contribution in [0, 0.1) is 30.9 Å². The molecule has 1 aromatic heterocycles. The number of halogens is 2. The van der Waals surface area contributed by atoms with E-state index in [-0.39, 0.29) is 17.1 Å². The van der Waals surface area contributed by atoms with Crippen molar-refractivity contribution < 1.29 is 23.2 Å². The van der Waals surface area contributed by atoms with Gasteiger partial charge in [-0.15, -0.1) is 0 Å². The molecule has 1 amide bonds. The number of aryl methyl sites for hydroxylation is 3. The summed E-state index contributed by atoms with van der Waals surface area (Å²) in [6, 6.07) is 9.78. The smallest absolute Gasteiger partial charge is 0.282 e. The fourth-order valence-electron chi connectivity index (χ4n) is 3.13. The van der Waals surface area contributed by atoms with Crippen molar-refractivity contribution >= 4 is 17.3 Å². The van der Waals surface area contributed by atoms with E-state index in [2.05, 4.69) is 10.4 Å². The Morgan fingerprint density at radius 1 is 1.16 bits per heavy atom. The maximum atomic E-state index is 12.9. The van der Waals surface area contributed by atoms with Crippen molar-refractivity contribution in [2.24, 2.45) is 0 Å². The van der Waals surface area contributed by atoms with Gasteiger partial charge in [-0.05, 0) is 51.0 Å². The van der Waals surface area contributed by atoms with Gasteiger partial charge in [-0.25, -0.2) is 8.78 Å². The van der Waals surface area contributed by atoms with Crippen molar-refractivity contribution in [3.05, 3.63) is 75.1 Å². The summed E-state index contributed by atoms with van der Waals surface area (Å²) in [6.45, 7) is 6.79. The fourth-order valence-corrected chi connectivity index (χ4v) is 3.13. The lowest BCUT2D eigenvalue weighted by molar-refractivity contribution is -0.384. The number of rotatable bonds is 7. The molecule has 0 radical (unpaired) electrons. The van der Waals surface area contributed by atoms with Crippen LogP contribution in [0.3, 0.4) is 0 Å². The quantitative estimate of drug-likeness (QED) is 0.375. The highest BCUT2D eigenvalue weighted by atomic mass is 19.3. The van der Waals surface area contributed by atoms with Crippen LogP contribution in [-0.4, -0.2) is 20.6 Å². The van der Waals surface area contributed by atoms with Gasteiger partial charge < -0.3 is 10.1 Å². The van der Waals surface area contributed by atoms with Crippen molar-refractivity contribution in [2.75, 3.05) is 5.32 Å². The number of non-ortho nitro benzene ring substituents is 1. The molecule has 1 unspecified atom stereocenters. The van der Waals surface area contributed by atoms with Crippen LogP contribution in [0.1, 0.15) is 41.9 Å². The number of carbonyl (C=O) groups is 1. The van der Waals surface area contributed by atoms with E-state index < -0.39 is 29.0 Å². The Bertz CT molecular complexity index is 1180. The van der Waals surface area contributed by atoms with Crippen LogP contribution in [-0.2, 0) is 4.79 Å². The lowest BCUT2D eigenvalue weighted by Crippen LogP contribution is -2.25. The van der Waals surface area contributed by atoms with Gasteiger partial charge >= 0.3 is 0 Å². The zero-order valence-corrected chi connectivity index (χ0v) is 17.9. The zero-order chi connectivity index (χ0) is 23.6. The first-order valence-electron chi connectivity index (χ1n) is 9.75. The predicted octanol–water partition coefficient (Wildman–Crippen LogP) is 5.65. The van der Waals surface area contributed by atoms with Gasteiger partial charge in [0.1, 0.15) is 23.2 Å². The second kappa shape index (κ2) is 9.13. The predicted molar refractivity (Wildman–Crippen MR) is 114 cm³/mol. The Kier molecular flexibility index (Phi) is 6.52. The molecule has 8 nitrogen and oxygen atoms in total. The van der Waals surface area contributed by atoms with Gasteiger partial charge in [0.05, 0.1) is 16.7 Å². The monoisotopic (exact) mass is 444 g/mol. The third-order valence-electron chi connectivity index (χ3n) is 4.85. The molecule has 2 aromatic carbocycles. The van der Waals surface area contributed by atoms with Crippen molar-refractivity contribution in [1.82, 2.24) is 9.78 Å². The number of carbonyl (C=O) groups excluding carboxylic acids is 1. The zero-order valence-electron chi connectivity index (χ0n) is 17.9. The average molecular weight is 444 g/mol. The van der Waals surface area contributed by atoms with Crippen LogP contribution in [0.25, 0.3) is 0 Å². The molecule has 0 bridgehead atoms. The minimum absolute atomic E-state index is 0.134. The number of hydrogen-bond acceptors (Lipinski definition) is 5. The van der Waals surface area contributed by atoms with E-state index in [0.717, 1.165) is 11.1 Å². The van der Waals surface area contributed by atoms with Gasteiger partial charge in [0.2, 0.25) is 5.91 Å². The minimum Gasteiger partial charge on any atom is -0.457 e. The molecule has 0 aliphatic heterocycles. The summed E-state index contributed by atoms with van der Waals surface area (Å²) in [5, 5.41) is 17.7. The third kappa shape index (κ3) is 5.08. The SMILES string of the molecule is Cc1ccc(C)c(Oc2cc(NC(=O)C(C)n3nc(C(F)F)cc3C)cc([N+](=O)[O-])c2)c1. The van der Waals surface area contributed by atoms with Gasteiger partial charge in [0.25, 0.3) is 12.1 Å². The lowest BCUT2D eigenvalue weighted by atomic mass is 10.1. The first-order valence-corrected chi connectivity index (χ1v) is 9.75. The Hall–Kier alpha value is -3.82. The molecular formula is C22H22F2N4O4. The number of hydrogen-bond donors (Lipinski definition) is 1. The Morgan fingerprint density at radius 2 is 1.88 bits per heavy atom. The lowest BCUT2D eigenvalue weighted by Gasteiger charge is -2.15. The molecule has 32 heavy (non-hydrogen) atoms. The summed E-state index contributed by atoms with van der Waals surface area (Å²) < 4.78 is 32.9. The van der Waals surface area contributed by atoms with E-state index in [0.29, 0.717) is 11.4 Å². The first kappa shape index (κ1) is 22.9. The van der Waals surface area contributed by atoms with E-state index in [1.54, 1.807) is 13.0 Å². The summed E-state index contributed by atoms with van der Waals surface area (Å²) >= 11 is 0. The summed E-state index contributed by atoms with van der Waals surface area (Å²) in [6.07, 6.45) is -2.76. The van der Waals surface area contributed by atoms with Gasteiger partial charge in [-0.3, -0.25) is 19.6 Å². The summed E-state index contributed by atoms with van der Waals surface area (Å²) in [5.74, 6) is 0.129. The number of amides is 1. The first-order chi connectivity index (χ1) is 15.0. The van der Waals surface area contributed by atoms with Crippen LogP contribution in [0.15, 0.2) is 42.5 Å². The molecule has 1 heterocycles. The molecule has 0 saturated heterocycles. The number of nitrogens with zero attached hydrogens (tertiary/aromatic N) is 3. The number of anilines is 1. The average Bonchev–Trinajstić information content (AvgIpc) is 3.12. The largest absolute Gasteiger partial charge is 0.457 e. The number of ether oxygens (including phenoxy) is 1. The molecule has 0 fully saturated rings. The van der Waals surface area contributed by atoms with Gasteiger partial charge in [-0.1, -0.05) is 12.1 Å². The Labute approximate surface area is 183 Å². The van der Waals surface area contributed by atoms with Crippen molar-refractivity contribution in [3.63, 3.8) is 0 Å². The minimum atomic E-state index is -2.76. The van der Waals surface area contributed by atoms with Crippen LogP contribution >= 0.6 is 0 Å². The van der Waals surface area contributed by atoms with Crippen LogP contribution in [0.2, 0.25) is 0 Å². The number of aromatic nitrogens is 2. The maximum Gasteiger partial charge on any atom is 0.282 e. The highest BCUT2D eigenvalue weighted by Crippen LogP contribution is 2.32. The molecule has 10 heteroatoms. The van der Waals surface area contributed by atoms with E-state index >= 15 is 0 Å². The van der Waals surface area contributed by atoms with E-state index in [1.165, 1.54) is 35.9 Å². The molecule has 0 aliphatic rings. The second-order valence-electron chi connectivity index (χ2n) is 7.46. The maximum absolute atomic E-state index is 12.9. The molecule has 1 atom stereocenters. The van der Waals surface area contributed by atoms with E-state index in [1.807, 2.05) is 26.0 Å². The third-order valence-corrected chi connectivity index (χ3v) is 4.85. The summed E-state index contributed by atoms with van der Waals surface area (Å²) in [4.78, 5) is 23.5.